The van der Waals surface area contributed by atoms with Crippen molar-refractivity contribution in [1.29, 1.82) is 0 Å². The minimum Gasteiger partial charge on any atom is -0.269 e. The Labute approximate surface area is 38.0 Å². The summed E-state index contributed by atoms with van der Waals surface area (Å²) in [4.78, 5) is 0. The van der Waals surface area contributed by atoms with Crippen molar-refractivity contribution in [3.8, 4) is 0 Å². The first-order valence-electron chi connectivity index (χ1n) is 0.218. The van der Waals surface area contributed by atoms with Crippen LogP contribution in [0.3, 0.4) is 0 Å². The van der Waals surface area contributed by atoms with Gasteiger partial charge in [0, 0.05) is 0 Å². The van der Waals surface area contributed by atoms with E-state index in [1.54, 1.807) is 22.4 Å². The molecule has 0 heterocycles. The summed E-state index contributed by atoms with van der Waals surface area (Å²) in [6.45, 7) is 0. The molecule has 0 N–H and O–H groups in total. The Morgan fingerprint density at radius 3 is 1.00 bits per heavy atom. The van der Waals surface area contributed by atoms with Gasteiger partial charge in [-0.2, -0.15) is 22.4 Å². The highest BCUT2D eigenvalue weighted by molar-refractivity contribution is 14.1. The maximum Gasteiger partial charge on any atom is 0.169 e. The molecule has 0 aromatic carbocycles. The van der Waals surface area contributed by atoms with Crippen LogP contribution in [0.1, 0.15) is 0 Å². The largest absolute Gasteiger partial charge is 0.269 e. The minimum absolute atomic E-state index is 0. The van der Waals surface area contributed by atoms with Crippen LogP contribution in [0, 0.1) is 0 Å². The summed E-state index contributed by atoms with van der Waals surface area (Å²) in [7, 11) is 0. The second-order valence-electron chi connectivity index (χ2n) is 0. The zero-order valence-corrected chi connectivity index (χ0v) is 3.93. The van der Waals surface area contributed by atoms with Crippen LogP contribution in [0.4, 0.5) is 9.41 Å². The van der Waals surface area contributed by atoms with Gasteiger partial charge in [0.05, 0.1) is 0 Å². The van der Waals surface area contributed by atoms with Crippen LogP contribution in [-0.4, -0.2) is 5.70 Å². The second-order valence-corrected chi connectivity index (χ2v) is 0. The predicted molar refractivity (Wildman–Crippen MR) is 24.8 cm³/mol. The molecule has 0 amide bonds. The molecule has 0 fully saturated rings. The van der Waals surface area contributed by atoms with Crippen LogP contribution in [0.5, 0.6) is 0 Å². The van der Waals surface area contributed by atoms with Crippen LogP contribution in [-0.2, 0) is 0 Å². The van der Waals surface area contributed by atoms with E-state index in [0.717, 1.165) is 0 Å². The van der Waals surface area contributed by atoms with Gasteiger partial charge >= 0.3 is 0 Å². The molecule has 0 saturated heterocycles. The van der Waals surface area contributed by atoms with Gasteiger partial charge in [-0.1, -0.05) is 0 Å². The molecule has 0 aromatic rings. The van der Waals surface area contributed by atoms with E-state index in [2.05, 4.69) is 5.70 Å². The summed E-state index contributed by atoms with van der Waals surface area (Å²) in [5.74, 6) is 0. The Morgan fingerprint density at radius 2 is 1.00 bits per heavy atom. The molecule has 0 bridgehead atoms. The number of rotatable bonds is 0. The molecule has 0 aliphatic rings. The average Bonchev–Trinajstić information content (AvgIpc) is 1.00. The van der Waals surface area contributed by atoms with Crippen molar-refractivity contribution in [2.45, 2.75) is 0 Å². The van der Waals surface area contributed by atoms with E-state index in [1.165, 1.54) is 0 Å². The van der Waals surface area contributed by atoms with Gasteiger partial charge in [-0.15, -0.1) is 0 Å². The zero-order valence-electron chi connectivity index (χ0n) is 1.77. The highest BCUT2D eigenvalue weighted by Gasteiger charge is 1.01. The monoisotopic (exact) mass is 178 g/mol. The SMILES string of the molecule is F.F.[B]I. The zero-order chi connectivity index (χ0) is 2.00. The van der Waals surface area contributed by atoms with Gasteiger partial charge in [-0.05, 0) is 0 Å². The van der Waals surface area contributed by atoms with Crippen molar-refractivity contribution < 1.29 is 9.41 Å². The van der Waals surface area contributed by atoms with Gasteiger partial charge in [-0.3, -0.25) is 9.41 Å². The fraction of sp³-hybridized carbons (Fsp3) is 0. The van der Waals surface area contributed by atoms with Crippen molar-refractivity contribution in [3.63, 3.8) is 0 Å². The van der Waals surface area contributed by atoms with Gasteiger partial charge in [0.15, 0.2) is 5.70 Å². The topological polar surface area (TPSA) is 0 Å². The normalized spacial score (nSPS) is 1.25. The first-order chi connectivity index (χ1) is 1.00. The Bertz CT molecular complexity index is 6.00. The number of halogens is 3. The maximum atomic E-state index is 4.47. The van der Waals surface area contributed by atoms with E-state index in [1.807, 2.05) is 0 Å². The lowest BCUT2D eigenvalue weighted by atomic mass is 10.8. The molecule has 0 rings (SSSR count). The quantitative estimate of drug-likeness (QED) is 0.380. The van der Waals surface area contributed by atoms with Crippen LogP contribution < -0.4 is 0 Å². The fourth-order valence-electron chi connectivity index (χ4n) is 0. The summed E-state index contributed by atoms with van der Waals surface area (Å²) in [5.41, 5.74) is 4.47. The summed E-state index contributed by atoms with van der Waals surface area (Å²) in [5, 5.41) is 0. The third-order valence-corrected chi connectivity index (χ3v) is 0. The van der Waals surface area contributed by atoms with Crippen LogP contribution in [0.2, 0.25) is 0 Å². The van der Waals surface area contributed by atoms with Gasteiger partial charge in [0.25, 0.3) is 0 Å². The first-order valence-corrected chi connectivity index (χ1v) is 1.46. The standard InChI is InChI=1S/BI.2FH/c1-2;;/h;2*1H. The van der Waals surface area contributed by atoms with Gasteiger partial charge in [0.1, 0.15) is 0 Å². The molecule has 0 aliphatic heterocycles. The van der Waals surface area contributed by atoms with Crippen LogP contribution in [0.25, 0.3) is 0 Å². The Kier molecular flexibility index (Phi) is 341. The molecule has 26 valence electrons. The first kappa shape index (κ1) is 22.7. The summed E-state index contributed by atoms with van der Waals surface area (Å²) in [6.07, 6.45) is 0. The predicted octanol–water partition coefficient (Wildman–Crippen LogP) is 0.810. The van der Waals surface area contributed by atoms with Crippen molar-refractivity contribution in [1.82, 2.24) is 0 Å². The molecule has 0 saturated carbocycles. The summed E-state index contributed by atoms with van der Waals surface area (Å²) < 4.78 is 0. The lowest BCUT2D eigenvalue weighted by molar-refractivity contribution is 1.11. The Balaban J connectivity index is -0.00000000500. The maximum absolute atomic E-state index is 4.47. The Hall–Kier alpha value is 0.655. The van der Waals surface area contributed by atoms with E-state index in [4.69, 9.17) is 0 Å². The summed E-state index contributed by atoms with van der Waals surface area (Å²) in [6, 6.07) is 0. The highest BCUT2D eigenvalue weighted by Crippen LogP contribution is 1.44. The molecule has 0 nitrogen and oxygen atoms in total. The van der Waals surface area contributed by atoms with Gasteiger partial charge < -0.3 is 0 Å². The molecule has 0 atom stereocenters. The van der Waals surface area contributed by atoms with E-state index in [0.29, 0.717) is 0 Å². The smallest absolute Gasteiger partial charge is 0.169 e. The van der Waals surface area contributed by atoms with E-state index >= 15 is 0 Å². The molecule has 0 aliphatic carbocycles. The van der Waals surface area contributed by atoms with Crippen molar-refractivity contribution in [2.75, 3.05) is 0 Å². The molecule has 4 heavy (non-hydrogen) atoms. The average molecular weight is 178 g/mol. The molecule has 0 aromatic heterocycles. The molecular formula is H2BF2I. The second kappa shape index (κ2) is 60.1. The molecule has 4 heteroatoms. The third-order valence-electron chi connectivity index (χ3n) is 0. The van der Waals surface area contributed by atoms with Crippen molar-refractivity contribution >= 4 is 28.1 Å². The van der Waals surface area contributed by atoms with Crippen LogP contribution >= 0.6 is 22.4 Å². The van der Waals surface area contributed by atoms with E-state index < -0.39 is 0 Å². The minimum atomic E-state index is 0. The molecule has 0 unspecified atom stereocenters. The fourth-order valence-corrected chi connectivity index (χ4v) is 0. The van der Waals surface area contributed by atoms with Crippen molar-refractivity contribution in [3.05, 3.63) is 0 Å². The third kappa shape index (κ3) is 17.0. The van der Waals surface area contributed by atoms with Crippen LogP contribution in [0.15, 0.2) is 0 Å². The summed E-state index contributed by atoms with van der Waals surface area (Å²) >= 11 is 1.65. The lowest BCUT2D eigenvalue weighted by Crippen LogP contribution is -0.931. The van der Waals surface area contributed by atoms with Gasteiger partial charge in [-0.25, -0.2) is 0 Å². The molecular weight excluding hydrogens is 176 g/mol. The number of hydrogen-bond donors (Lipinski definition) is 0. The van der Waals surface area contributed by atoms with Crippen molar-refractivity contribution in [2.24, 2.45) is 0 Å². The lowest BCUT2D eigenvalue weighted by Gasteiger charge is -1.01. The molecule has 0 spiro atoms. The highest BCUT2D eigenvalue weighted by atomic mass is 127. The van der Waals surface area contributed by atoms with E-state index in [9.17, 15) is 0 Å². The Morgan fingerprint density at radius 1 is 1.00 bits per heavy atom. The van der Waals surface area contributed by atoms with E-state index in [-0.39, 0.29) is 9.41 Å². The van der Waals surface area contributed by atoms with Gasteiger partial charge in [0.2, 0.25) is 0 Å². The number of hydrogen-bond acceptors (Lipinski definition) is 0. The molecule has 2 radical (unpaired) electrons.